The number of aromatic nitrogens is 6. The lowest BCUT2D eigenvalue weighted by Crippen LogP contribution is -2.30. The fourth-order valence-corrected chi connectivity index (χ4v) is 4.65. The number of rotatable bonds is 5. The van der Waals surface area contributed by atoms with Crippen LogP contribution in [0.5, 0.6) is 0 Å². The molecule has 0 radical (unpaired) electrons. The number of anilines is 1. The molecule has 2 aliphatic rings. The van der Waals surface area contributed by atoms with Gasteiger partial charge in [-0.2, -0.15) is 5.10 Å². The van der Waals surface area contributed by atoms with Gasteiger partial charge in [0, 0.05) is 11.8 Å². The van der Waals surface area contributed by atoms with Crippen LogP contribution < -0.4 is 5.32 Å². The third kappa shape index (κ3) is 3.14. The van der Waals surface area contributed by atoms with Gasteiger partial charge in [-0.05, 0) is 25.7 Å². The molecule has 0 saturated heterocycles. The maximum Gasteiger partial charge on any atom is 0.165 e. The minimum absolute atomic E-state index is 0.0722. The van der Waals surface area contributed by atoms with Crippen molar-refractivity contribution in [1.29, 1.82) is 0 Å². The Morgan fingerprint density at radius 3 is 2.63 bits per heavy atom. The normalized spacial score (nSPS) is 31.6. The Bertz CT molecular complexity index is 1040. The summed E-state index contributed by atoms with van der Waals surface area (Å²) in [7, 11) is 0. The molecular weight excluding hydrogens is 390 g/mol. The van der Waals surface area contributed by atoms with Gasteiger partial charge in [0.25, 0.3) is 0 Å². The SMILES string of the molecule is OCc1cnn([C@H]2C[C@@H](n3cnc4c(N[C@H]5CCC[C@@H]5O)ncnc43)[C@H](O)[C@@H]2O)c1. The molecule has 3 aromatic heterocycles. The monoisotopic (exact) mass is 415 g/mol. The number of hydrogen-bond donors (Lipinski definition) is 5. The van der Waals surface area contributed by atoms with E-state index in [0.29, 0.717) is 29.0 Å². The average Bonchev–Trinajstić information content (AvgIpc) is 3.52. The highest BCUT2D eigenvalue weighted by Gasteiger charge is 2.44. The summed E-state index contributed by atoms with van der Waals surface area (Å²) in [5, 5.41) is 48.2. The molecular formula is C19H25N7O4. The molecule has 0 amide bonds. The van der Waals surface area contributed by atoms with E-state index in [1.165, 1.54) is 6.33 Å². The molecule has 0 bridgehead atoms. The summed E-state index contributed by atoms with van der Waals surface area (Å²) in [6.45, 7) is -0.136. The summed E-state index contributed by atoms with van der Waals surface area (Å²) < 4.78 is 3.35. The number of nitrogens with one attached hydrogen (secondary N) is 1. The molecule has 11 heteroatoms. The molecule has 0 aromatic carbocycles. The second-order valence-electron chi connectivity index (χ2n) is 8.13. The van der Waals surface area contributed by atoms with E-state index in [-0.39, 0.29) is 12.6 Å². The van der Waals surface area contributed by atoms with Crippen molar-refractivity contribution in [2.45, 2.75) is 68.7 Å². The van der Waals surface area contributed by atoms with Crippen LogP contribution in [-0.4, -0.2) is 74.1 Å². The van der Waals surface area contributed by atoms with Crippen molar-refractivity contribution in [3.05, 3.63) is 30.6 Å². The van der Waals surface area contributed by atoms with Crippen molar-refractivity contribution in [1.82, 2.24) is 29.3 Å². The first-order chi connectivity index (χ1) is 14.6. The van der Waals surface area contributed by atoms with Crippen LogP contribution in [0, 0.1) is 0 Å². The largest absolute Gasteiger partial charge is 0.392 e. The van der Waals surface area contributed by atoms with Crippen LogP contribution in [0.1, 0.15) is 43.3 Å². The van der Waals surface area contributed by atoms with Gasteiger partial charge in [0.1, 0.15) is 24.1 Å². The Morgan fingerprint density at radius 2 is 1.90 bits per heavy atom. The Labute approximate surface area is 172 Å². The fraction of sp³-hybridized carbons (Fsp3) is 0.579. The van der Waals surface area contributed by atoms with Gasteiger partial charge in [0.15, 0.2) is 11.5 Å². The number of nitrogens with zero attached hydrogens (tertiary/aromatic N) is 6. The van der Waals surface area contributed by atoms with Gasteiger partial charge in [-0.15, -0.1) is 0 Å². The summed E-state index contributed by atoms with van der Waals surface area (Å²) in [5.41, 5.74) is 1.75. The van der Waals surface area contributed by atoms with Crippen molar-refractivity contribution in [3.8, 4) is 0 Å². The van der Waals surface area contributed by atoms with Crippen LogP contribution in [0.25, 0.3) is 11.2 Å². The first-order valence-electron chi connectivity index (χ1n) is 10.2. The highest BCUT2D eigenvalue weighted by molar-refractivity contribution is 5.83. The van der Waals surface area contributed by atoms with Gasteiger partial charge in [-0.1, -0.05) is 0 Å². The maximum absolute atomic E-state index is 10.7. The van der Waals surface area contributed by atoms with Crippen LogP contribution in [0.4, 0.5) is 5.82 Å². The summed E-state index contributed by atoms with van der Waals surface area (Å²) in [4.78, 5) is 13.1. The number of imidazole rings is 1. The molecule has 2 saturated carbocycles. The summed E-state index contributed by atoms with van der Waals surface area (Å²) in [5.74, 6) is 0.550. The highest BCUT2D eigenvalue weighted by Crippen LogP contribution is 2.39. The first kappa shape index (κ1) is 19.4. The zero-order valence-corrected chi connectivity index (χ0v) is 16.3. The van der Waals surface area contributed by atoms with E-state index in [9.17, 15) is 20.4 Å². The molecule has 5 N–H and O–H groups in total. The smallest absolute Gasteiger partial charge is 0.165 e. The highest BCUT2D eigenvalue weighted by atomic mass is 16.3. The average molecular weight is 415 g/mol. The van der Waals surface area contributed by atoms with E-state index in [4.69, 9.17) is 0 Å². The standard InChI is InChI=1S/C19H25N7O4/c27-7-10-5-23-26(6-10)13-4-12(16(29)17(13)30)25-9-22-15-18(20-8-21-19(15)25)24-11-2-1-3-14(11)28/h5-6,8-9,11-14,16-17,27-30H,1-4,7H2,(H,20,21,24)/t11-,12+,13-,14-,16-,17+/m0/s1. The van der Waals surface area contributed by atoms with Crippen molar-refractivity contribution < 1.29 is 20.4 Å². The van der Waals surface area contributed by atoms with E-state index >= 15 is 0 Å². The van der Waals surface area contributed by atoms with Gasteiger partial charge in [0.2, 0.25) is 0 Å². The van der Waals surface area contributed by atoms with Crippen molar-refractivity contribution in [2.24, 2.45) is 0 Å². The van der Waals surface area contributed by atoms with Crippen molar-refractivity contribution in [2.75, 3.05) is 5.32 Å². The number of aliphatic hydroxyl groups is 4. The molecule has 30 heavy (non-hydrogen) atoms. The third-order valence-corrected chi connectivity index (χ3v) is 6.32. The van der Waals surface area contributed by atoms with E-state index in [2.05, 4.69) is 25.4 Å². The third-order valence-electron chi connectivity index (χ3n) is 6.32. The van der Waals surface area contributed by atoms with Crippen molar-refractivity contribution in [3.63, 3.8) is 0 Å². The number of hydrogen-bond acceptors (Lipinski definition) is 9. The summed E-state index contributed by atoms with van der Waals surface area (Å²) in [6.07, 6.45) is 6.79. The Kier molecular flexibility index (Phi) is 4.89. The van der Waals surface area contributed by atoms with Crippen LogP contribution in [-0.2, 0) is 6.61 Å². The minimum Gasteiger partial charge on any atom is -0.392 e. The molecule has 0 aliphatic heterocycles. The second kappa shape index (κ2) is 7.58. The topological polar surface area (TPSA) is 154 Å². The number of aliphatic hydroxyl groups excluding tert-OH is 4. The Morgan fingerprint density at radius 1 is 1.07 bits per heavy atom. The zero-order valence-electron chi connectivity index (χ0n) is 16.3. The predicted molar refractivity (Wildman–Crippen MR) is 105 cm³/mol. The number of fused-ring (bicyclic) bond motifs is 1. The molecule has 2 aliphatic carbocycles. The molecule has 6 atom stereocenters. The van der Waals surface area contributed by atoms with Crippen LogP contribution in [0.2, 0.25) is 0 Å². The Hall–Kier alpha value is -2.60. The molecule has 3 aromatic rings. The lowest BCUT2D eigenvalue weighted by Gasteiger charge is -2.19. The molecule has 5 rings (SSSR count). The van der Waals surface area contributed by atoms with Gasteiger partial charge in [0.05, 0.1) is 43.4 Å². The van der Waals surface area contributed by atoms with E-state index in [1.54, 1.807) is 28.0 Å². The van der Waals surface area contributed by atoms with Gasteiger partial charge in [-0.3, -0.25) is 4.68 Å². The molecule has 160 valence electrons. The van der Waals surface area contributed by atoms with Gasteiger partial charge in [-0.25, -0.2) is 15.0 Å². The van der Waals surface area contributed by atoms with E-state index in [0.717, 1.165) is 19.3 Å². The van der Waals surface area contributed by atoms with Crippen LogP contribution in [0.15, 0.2) is 25.0 Å². The van der Waals surface area contributed by atoms with Gasteiger partial charge < -0.3 is 30.3 Å². The molecule has 0 unspecified atom stereocenters. The molecule has 2 fully saturated rings. The van der Waals surface area contributed by atoms with Crippen molar-refractivity contribution >= 4 is 17.0 Å². The second-order valence-corrected chi connectivity index (χ2v) is 8.13. The fourth-order valence-electron chi connectivity index (χ4n) is 4.65. The lowest BCUT2D eigenvalue weighted by atomic mass is 10.2. The minimum atomic E-state index is -1.03. The molecule has 11 nitrogen and oxygen atoms in total. The first-order valence-corrected chi connectivity index (χ1v) is 10.2. The maximum atomic E-state index is 10.7. The van der Waals surface area contributed by atoms with Crippen LogP contribution >= 0.6 is 0 Å². The lowest BCUT2D eigenvalue weighted by molar-refractivity contribution is 0.00720. The Balaban J connectivity index is 1.44. The summed E-state index contributed by atoms with van der Waals surface area (Å²) in [6, 6.07) is -0.954. The molecule has 3 heterocycles. The molecule has 0 spiro atoms. The quantitative estimate of drug-likeness (QED) is 0.379. The van der Waals surface area contributed by atoms with Gasteiger partial charge >= 0.3 is 0 Å². The van der Waals surface area contributed by atoms with E-state index < -0.39 is 30.4 Å². The van der Waals surface area contributed by atoms with Crippen LogP contribution in [0.3, 0.4) is 0 Å². The summed E-state index contributed by atoms with van der Waals surface area (Å²) >= 11 is 0. The zero-order chi connectivity index (χ0) is 20.8. The van der Waals surface area contributed by atoms with E-state index in [1.807, 2.05) is 0 Å². The predicted octanol–water partition coefficient (Wildman–Crippen LogP) is -0.252.